The molecule has 5 heteroatoms. The number of ether oxygens (including phenoxy) is 1. The van der Waals surface area contributed by atoms with Gasteiger partial charge in [-0.15, -0.1) is 0 Å². The molecule has 0 aromatic carbocycles. The summed E-state index contributed by atoms with van der Waals surface area (Å²) in [4.78, 5) is 16.6. The van der Waals surface area contributed by atoms with Crippen LogP contribution in [0.25, 0.3) is 11.5 Å². The monoisotopic (exact) mass is 230 g/mol. The summed E-state index contributed by atoms with van der Waals surface area (Å²) < 4.78 is 5.17. The summed E-state index contributed by atoms with van der Waals surface area (Å²) in [6.45, 7) is 4.20. The van der Waals surface area contributed by atoms with E-state index in [0.29, 0.717) is 23.2 Å². The molecule has 0 bridgehead atoms. The fourth-order valence-corrected chi connectivity index (χ4v) is 1.39. The van der Waals surface area contributed by atoms with Crippen molar-refractivity contribution in [1.82, 2.24) is 19.9 Å². The molecule has 0 spiro atoms. The minimum atomic E-state index is 0.413. The van der Waals surface area contributed by atoms with Gasteiger partial charge < -0.3 is 4.74 Å². The number of hydrogen-bond donors (Lipinski definition) is 0. The van der Waals surface area contributed by atoms with E-state index in [-0.39, 0.29) is 0 Å². The van der Waals surface area contributed by atoms with E-state index in [1.165, 1.54) is 6.33 Å². The summed E-state index contributed by atoms with van der Waals surface area (Å²) in [7, 11) is 1.57. The van der Waals surface area contributed by atoms with Crippen LogP contribution >= 0.6 is 0 Å². The molecule has 0 saturated carbocycles. The molecule has 2 rings (SSSR count). The molecule has 5 nitrogen and oxygen atoms in total. The van der Waals surface area contributed by atoms with Crippen LogP contribution < -0.4 is 4.74 Å². The van der Waals surface area contributed by atoms with E-state index in [1.54, 1.807) is 13.3 Å². The Balaban J connectivity index is 2.40. The quantitative estimate of drug-likeness (QED) is 0.807. The fourth-order valence-electron chi connectivity index (χ4n) is 1.39. The van der Waals surface area contributed by atoms with Gasteiger partial charge in [0.1, 0.15) is 6.33 Å². The summed E-state index contributed by atoms with van der Waals surface area (Å²) in [6, 6.07) is 0. The van der Waals surface area contributed by atoms with Gasteiger partial charge in [0.25, 0.3) is 0 Å². The maximum atomic E-state index is 5.17. The third-order valence-corrected chi connectivity index (χ3v) is 2.45. The molecule has 0 radical (unpaired) electrons. The lowest BCUT2D eigenvalue weighted by Crippen LogP contribution is -1.98. The van der Waals surface area contributed by atoms with Crippen molar-refractivity contribution in [1.29, 1.82) is 0 Å². The predicted molar refractivity (Wildman–Crippen MR) is 63.7 cm³/mol. The third kappa shape index (κ3) is 2.38. The SMILES string of the molecule is COc1cncnc1-c1ncc(C(C)C)cn1. The van der Waals surface area contributed by atoms with Gasteiger partial charge in [0.15, 0.2) is 17.3 Å². The van der Waals surface area contributed by atoms with Gasteiger partial charge in [-0.1, -0.05) is 13.8 Å². The Labute approximate surface area is 99.9 Å². The topological polar surface area (TPSA) is 60.8 Å². The number of rotatable bonds is 3. The molecule has 0 fully saturated rings. The molecular formula is C12H14N4O. The lowest BCUT2D eigenvalue weighted by atomic mass is 10.1. The van der Waals surface area contributed by atoms with E-state index in [1.807, 2.05) is 12.4 Å². The standard InChI is InChI=1S/C12H14N4O/c1-8(2)9-4-14-12(15-5-9)11-10(17-3)6-13-7-16-11/h4-8H,1-3H3. The highest BCUT2D eigenvalue weighted by Crippen LogP contribution is 2.23. The van der Waals surface area contributed by atoms with Crippen LogP contribution in [0.4, 0.5) is 0 Å². The molecule has 0 amide bonds. The molecule has 0 saturated heterocycles. The smallest absolute Gasteiger partial charge is 0.182 e. The maximum absolute atomic E-state index is 5.17. The molecule has 0 aliphatic carbocycles. The van der Waals surface area contributed by atoms with Crippen LogP contribution in [0.5, 0.6) is 5.75 Å². The summed E-state index contributed by atoms with van der Waals surface area (Å²) in [6.07, 6.45) is 6.68. The van der Waals surface area contributed by atoms with Gasteiger partial charge in [-0.25, -0.2) is 19.9 Å². The lowest BCUT2D eigenvalue weighted by Gasteiger charge is -2.07. The van der Waals surface area contributed by atoms with E-state index in [9.17, 15) is 0 Å². The number of aromatic nitrogens is 4. The highest BCUT2D eigenvalue weighted by molar-refractivity contribution is 5.57. The molecule has 2 heterocycles. The first-order valence-corrected chi connectivity index (χ1v) is 5.38. The maximum Gasteiger partial charge on any atom is 0.182 e. The Hall–Kier alpha value is -2.04. The minimum absolute atomic E-state index is 0.413. The first kappa shape index (κ1) is 11.4. The van der Waals surface area contributed by atoms with Gasteiger partial charge in [-0.3, -0.25) is 0 Å². The lowest BCUT2D eigenvalue weighted by molar-refractivity contribution is 0.412. The highest BCUT2D eigenvalue weighted by Gasteiger charge is 2.10. The summed E-state index contributed by atoms with van der Waals surface area (Å²) >= 11 is 0. The van der Waals surface area contributed by atoms with E-state index in [0.717, 1.165) is 5.56 Å². The Kier molecular flexibility index (Phi) is 3.27. The molecule has 2 aromatic heterocycles. The second-order valence-electron chi connectivity index (χ2n) is 3.93. The molecule has 0 unspecified atom stereocenters. The van der Waals surface area contributed by atoms with Crippen molar-refractivity contribution >= 4 is 0 Å². The highest BCUT2D eigenvalue weighted by atomic mass is 16.5. The first-order valence-electron chi connectivity index (χ1n) is 5.38. The normalized spacial score (nSPS) is 10.6. The summed E-state index contributed by atoms with van der Waals surface area (Å²) in [5.74, 6) is 1.54. The van der Waals surface area contributed by atoms with Crippen molar-refractivity contribution in [3.05, 3.63) is 30.5 Å². The van der Waals surface area contributed by atoms with Crippen molar-refractivity contribution < 1.29 is 4.74 Å². The van der Waals surface area contributed by atoms with E-state index in [2.05, 4.69) is 33.8 Å². The molecule has 0 aliphatic rings. The van der Waals surface area contributed by atoms with Gasteiger partial charge >= 0.3 is 0 Å². The Morgan fingerprint density at radius 2 is 1.76 bits per heavy atom. The van der Waals surface area contributed by atoms with E-state index in [4.69, 9.17) is 4.74 Å². The minimum Gasteiger partial charge on any atom is -0.493 e. The molecule has 0 N–H and O–H groups in total. The van der Waals surface area contributed by atoms with Crippen molar-refractivity contribution in [3.63, 3.8) is 0 Å². The number of nitrogens with zero attached hydrogens (tertiary/aromatic N) is 4. The van der Waals surface area contributed by atoms with Gasteiger partial charge in [0.05, 0.1) is 13.3 Å². The van der Waals surface area contributed by atoms with Crippen LogP contribution in [0.3, 0.4) is 0 Å². The van der Waals surface area contributed by atoms with Crippen LogP contribution in [0.2, 0.25) is 0 Å². The third-order valence-electron chi connectivity index (χ3n) is 2.45. The van der Waals surface area contributed by atoms with Gasteiger partial charge in [-0.05, 0) is 11.5 Å². The van der Waals surface area contributed by atoms with Crippen LogP contribution in [-0.4, -0.2) is 27.0 Å². The average molecular weight is 230 g/mol. The Morgan fingerprint density at radius 1 is 1.06 bits per heavy atom. The van der Waals surface area contributed by atoms with Gasteiger partial charge in [0, 0.05) is 12.4 Å². The van der Waals surface area contributed by atoms with Gasteiger partial charge in [-0.2, -0.15) is 0 Å². The van der Waals surface area contributed by atoms with E-state index >= 15 is 0 Å². The second-order valence-corrected chi connectivity index (χ2v) is 3.93. The fraction of sp³-hybridized carbons (Fsp3) is 0.333. The Bertz CT molecular complexity index is 496. The zero-order chi connectivity index (χ0) is 12.3. The zero-order valence-corrected chi connectivity index (χ0v) is 10.1. The number of methoxy groups -OCH3 is 1. The second kappa shape index (κ2) is 4.86. The van der Waals surface area contributed by atoms with Crippen LogP contribution in [0, 0.1) is 0 Å². The van der Waals surface area contributed by atoms with Crippen molar-refractivity contribution in [3.8, 4) is 17.3 Å². The largest absolute Gasteiger partial charge is 0.493 e. The van der Waals surface area contributed by atoms with Crippen molar-refractivity contribution in [2.24, 2.45) is 0 Å². The molecular weight excluding hydrogens is 216 g/mol. The summed E-state index contributed by atoms with van der Waals surface area (Å²) in [5.41, 5.74) is 1.71. The van der Waals surface area contributed by atoms with Crippen LogP contribution in [0.1, 0.15) is 25.3 Å². The van der Waals surface area contributed by atoms with Crippen LogP contribution in [0.15, 0.2) is 24.9 Å². The molecule has 0 aliphatic heterocycles. The first-order chi connectivity index (χ1) is 8.22. The predicted octanol–water partition coefficient (Wildman–Crippen LogP) is 2.07. The average Bonchev–Trinajstić information content (AvgIpc) is 2.39. The Morgan fingerprint density at radius 3 is 2.35 bits per heavy atom. The van der Waals surface area contributed by atoms with Gasteiger partial charge in [0.2, 0.25) is 0 Å². The van der Waals surface area contributed by atoms with E-state index < -0.39 is 0 Å². The van der Waals surface area contributed by atoms with Crippen molar-refractivity contribution in [2.45, 2.75) is 19.8 Å². The molecule has 2 aromatic rings. The van der Waals surface area contributed by atoms with Crippen molar-refractivity contribution in [2.75, 3.05) is 7.11 Å². The van der Waals surface area contributed by atoms with Crippen LogP contribution in [-0.2, 0) is 0 Å². The summed E-state index contributed by atoms with van der Waals surface area (Å²) in [5, 5.41) is 0. The molecule has 0 atom stereocenters. The molecule has 88 valence electrons. The number of hydrogen-bond acceptors (Lipinski definition) is 5. The zero-order valence-electron chi connectivity index (χ0n) is 10.1. The molecule has 17 heavy (non-hydrogen) atoms.